The van der Waals surface area contributed by atoms with Crippen molar-refractivity contribution < 1.29 is 33.8 Å². The number of rotatable bonds is 16. The van der Waals surface area contributed by atoms with Crippen molar-refractivity contribution in [2.75, 3.05) is 18.1 Å². The van der Waals surface area contributed by atoms with Crippen molar-refractivity contribution >= 4 is 56.9 Å². The second-order valence-corrected chi connectivity index (χ2v) is 16.1. The highest BCUT2D eigenvalue weighted by molar-refractivity contribution is 9.09. The Labute approximate surface area is 335 Å². The molecule has 2 bridgehead atoms. The molecule has 2 N–H and O–H groups in total. The number of esters is 1. The van der Waals surface area contributed by atoms with Crippen molar-refractivity contribution in [2.45, 2.75) is 80.3 Å². The van der Waals surface area contributed by atoms with Crippen molar-refractivity contribution in [1.29, 1.82) is 0 Å². The molecular weight excluding hydrogens is 786 g/mol. The molecule has 0 radical (unpaired) electrons. The van der Waals surface area contributed by atoms with Gasteiger partial charge >= 0.3 is 5.97 Å². The molecule has 6 rings (SSSR count). The lowest BCUT2D eigenvalue weighted by Crippen LogP contribution is -2.59. The Hall–Kier alpha value is -4.29. The summed E-state index contributed by atoms with van der Waals surface area (Å²) in [5.41, 5.74) is 1.27. The molecule has 1 spiro atoms. The van der Waals surface area contributed by atoms with Crippen molar-refractivity contribution in [2.24, 2.45) is 11.8 Å². The molecule has 3 fully saturated rings. The number of aliphatic hydroxyl groups is 1. The van der Waals surface area contributed by atoms with E-state index in [1.54, 1.807) is 31.2 Å². The Morgan fingerprint density at radius 1 is 1.09 bits per heavy atom. The van der Waals surface area contributed by atoms with Crippen LogP contribution in [0.5, 0.6) is 0 Å². The zero-order valence-corrected chi connectivity index (χ0v) is 33.3. The Bertz CT molecular complexity index is 1890. The van der Waals surface area contributed by atoms with Gasteiger partial charge in [0.1, 0.15) is 17.7 Å². The minimum atomic E-state index is -1.46. The number of anilines is 1. The second-order valence-electron chi connectivity index (χ2n) is 14.5. The molecular formula is C43H47BrClN3O7. The van der Waals surface area contributed by atoms with E-state index in [9.17, 15) is 14.7 Å². The highest BCUT2D eigenvalue weighted by atomic mass is 79.9. The lowest BCUT2D eigenvalue weighted by atomic mass is 9.70. The first-order valence-electron chi connectivity index (χ1n) is 18.6. The molecule has 0 saturated carbocycles. The molecule has 3 saturated heterocycles. The van der Waals surface area contributed by atoms with Gasteiger partial charge in [-0.1, -0.05) is 112 Å². The van der Waals surface area contributed by atoms with E-state index in [4.69, 9.17) is 21.1 Å². The number of carbonyl (C=O) groups excluding carboxylic acids is 4. The predicted octanol–water partition coefficient (Wildman–Crippen LogP) is 6.27. The molecule has 3 aliphatic rings. The number of ether oxygens (including phenoxy) is 2. The minimum Gasteiger partial charge on any atom is -0.455 e. The van der Waals surface area contributed by atoms with Gasteiger partial charge in [0.15, 0.2) is 0 Å². The normalized spacial score (nSPS) is 25.4. The number of aryl methyl sites for hydroxylation is 1. The molecule has 3 aliphatic heterocycles. The molecule has 3 aromatic carbocycles. The summed E-state index contributed by atoms with van der Waals surface area (Å²) >= 11 is 10.5. The maximum Gasteiger partial charge on any atom is 0.313 e. The molecule has 9 atom stereocenters. The third kappa shape index (κ3) is 7.77. The number of likely N-dealkylation sites (tertiary alicyclic amines) is 1. The number of amides is 3. The minimum absolute atomic E-state index is 0.0764. The highest BCUT2D eigenvalue weighted by Gasteiger charge is 2.77. The van der Waals surface area contributed by atoms with Crippen LogP contribution in [0.15, 0.2) is 104 Å². The standard InChI is InChI=1S/C43H47BrClN3O7/c1-5-7-21-33(50)46-27(4)37(29-18-12-9-13-19-29)54-42(53)34-35-40(51)48(30(25-49)23-28-16-10-8-11-17-28)39(43(35)24-31(44)38(34)55-43)41(52)47(22-6-2)36-26(3)15-14-20-32(36)45/h5-6,8-20,27,30-31,34-35,37-39,49H,1-2,7,21-25H2,3-4H3,(H,46,50)/t27-,30+,31?,34-,35+,37-,38-,39-,43+/m0/s1. The van der Waals surface area contributed by atoms with Crippen LogP contribution in [0.1, 0.15) is 49.0 Å². The molecule has 3 aromatic rings. The van der Waals surface area contributed by atoms with Gasteiger partial charge in [0, 0.05) is 17.8 Å². The van der Waals surface area contributed by atoms with Crippen LogP contribution in [0.4, 0.5) is 5.69 Å². The lowest BCUT2D eigenvalue weighted by molar-refractivity contribution is -0.162. The van der Waals surface area contributed by atoms with Crippen LogP contribution in [0.25, 0.3) is 0 Å². The van der Waals surface area contributed by atoms with Gasteiger partial charge in [-0.3, -0.25) is 19.2 Å². The molecule has 290 valence electrons. The van der Waals surface area contributed by atoms with Crippen LogP contribution >= 0.6 is 27.5 Å². The molecule has 55 heavy (non-hydrogen) atoms. The Morgan fingerprint density at radius 3 is 2.42 bits per heavy atom. The van der Waals surface area contributed by atoms with Gasteiger partial charge in [-0.05, 0) is 55.9 Å². The summed E-state index contributed by atoms with van der Waals surface area (Å²) in [5, 5.41) is 14.3. The van der Waals surface area contributed by atoms with Crippen molar-refractivity contribution in [3.8, 4) is 0 Å². The number of hydrogen-bond acceptors (Lipinski definition) is 7. The van der Waals surface area contributed by atoms with Gasteiger partial charge in [-0.2, -0.15) is 0 Å². The van der Waals surface area contributed by atoms with Crippen LogP contribution in [0, 0.1) is 18.8 Å². The van der Waals surface area contributed by atoms with E-state index in [-0.39, 0.29) is 31.7 Å². The fourth-order valence-electron chi connectivity index (χ4n) is 8.62. The highest BCUT2D eigenvalue weighted by Crippen LogP contribution is 2.61. The fourth-order valence-corrected chi connectivity index (χ4v) is 9.89. The van der Waals surface area contributed by atoms with Gasteiger partial charge < -0.3 is 29.7 Å². The smallest absolute Gasteiger partial charge is 0.313 e. The van der Waals surface area contributed by atoms with Gasteiger partial charge in [-0.15, -0.1) is 13.2 Å². The van der Waals surface area contributed by atoms with Gasteiger partial charge in [0.2, 0.25) is 11.8 Å². The molecule has 3 amide bonds. The van der Waals surface area contributed by atoms with Crippen LogP contribution < -0.4 is 10.2 Å². The molecule has 12 heteroatoms. The molecule has 3 heterocycles. The third-order valence-corrected chi connectivity index (χ3v) is 12.1. The van der Waals surface area contributed by atoms with Crippen LogP contribution in [0.3, 0.4) is 0 Å². The largest absolute Gasteiger partial charge is 0.455 e. The van der Waals surface area contributed by atoms with Crippen LogP contribution in [0.2, 0.25) is 5.02 Å². The third-order valence-electron chi connectivity index (χ3n) is 11.0. The summed E-state index contributed by atoms with van der Waals surface area (Å²) in [6.45, 7) is 10.8. The quantitative estimate of drug-likeness (QED) is 0.0991. The summed E-state index contributed by atoms with van der Waals surface area (Å²) in [5.74, 6) is -4.06. The summed E-state index contributed by atoms with van der Waals surface area (Å²) in [7, 11) is 0. The van der Waals surface area contributed by atoms with E-state index in [2.05, 4.69) is 34.4 Å². The van der Waals surface area contributed by atoms with Crippen LogP contribution in [-0.2, 0) is 35.1 Å². The first-order chi connectivity index (χ1) is 26.5. The number of fused-ring (bicyclic) bond motifs is 1. The SMILES string of the molecule is C=CCCC(=O)N[C@@H](C)[C@H](OC(=O)[C@@H]1[C@H]2O[C@@]3(CC2Br)[C@H](C(=O)N(CC=C)c2c(C)cccc2Cl)N([C@@H](CO)Cc2ccccc2)C(=O)[C@@H]13)c1ccccc1. The Morgan fingerprint density at radius 2 is 1.78 bits per heavy atom. The van der Waals surface area contributed by atoms with Crippen molar-refractivity contribution in [3.05, 3.63) is 126 Å². The first-order valence-corrected chi connectivity index (χ1v) is 19.9. The van der Waals surface area contributed by atoms with E-state index in [0.29, 0.717) is 22.7 Å². The van der Waals surface area contributed by atoms with E-state index in [1.807, 2.05) is 73.7 Å². The zero-order valence-electron chi connectivity index (χ0n) is 31.0. The zero-order chi connectivity index (χ0) is 39.4. The summed E-state index contributed by atoms with van der Waals surface area (Å²) < 4.78 is 13.1. The number of halogens is 2. The number of aliphatic hydroxyl groups excluding tert-OH is 1. The fraction of sp³-hybridized carbons (Fsp3) is 0.395. The topological polar surface area (TPSA) is 125 Å². The lowest BCUT2D eigenvalue weighted by Gasteiger charge is -2.40. The van der Waals surface area contributed by atoms with Crippen molar-refractivity contribution in [3.63, 3.8) is 0 Å². The average Bonchev–Trinajstić information content (AvgIpc) is 3.78. The van der Waals surface area contributed by atoms with E-state index >= 15 is 9.59 Å². The van der Waals surface area contributed by atoms with E-state index in [1.165, 1.54) is 9.80 Å². The Balaban J connectivity index is 1.42. The van der Waals surface area contributed by atoms with Gasteiger partial charge in [0.05, 0.1) is 47.3 Å². The number of nitrogens with one attached hydrogen (secondary N) is 1. The number of nitrogens with zero attached hydrogens (tertiary/aromatic N) is 2. The number of allylic oxidation sites excluding steroid dienone is 1. The number of alkyl halides is 1. The van der Waals surface area contributed by atoms with E-state index in [0.717, 1.165) is 11.1 Å². The maximum atomic E-state index is 15.3. The maximum absolute atomic E-state index is 15.3. The second kappa shape index (κ2) is 17.2. The number of carbonyl (C=O) groups is 4. The summed E-state index contributed by atoms with van der Waals surface area (Å²) in [6.07, 6.45) is 2.76. The number of benzene rings is 3. The number of hydrogen-bond donors (Lipinski definition) is 2. The monoisotopic (exact) mass is 831 g/mol. The average molecular weight is 833 g/mol. The molecule has 10 nitrogen and oxygen atoms in total. The van der Waals surface area contributed by atoms with Crippen molar-refractivity contribution in [1.82, 2.24) is 10.2 Å². The molecule has 0 aliphatic carbocycles. The van der Waals surface area contributed by atoms with Crippen LogP contribution in [-0.4, -0.2) is 81.5 Å². The summed E-state index contributed by atoms with van der Waals surface area (Å²) in [4.78, 5) is 60.4. The molecule has 0 aromatic heterocycles. The summed E-state index contributed by atoms with van der Waals surface area (Å²) in [6, 6.07) is 21.2. The van der Waals surface area contributed by atoms with Gasteiger partial charge in [0.25, 0.3) is 5.91 Å². The predicted molar refractivity (Wildman–Crippen MR) is 215 cm³/mol. The Kier molecular flexibility index (Phi) is 12.7. The number of para-hydroxylation sites is 1. The van der Waals surface area contributed by atoms with Gasteiger partial charge in [-0.25, -0.2) is 0 Å². The van der Waals surface area contributed by atoms with E-state index < -0.39 is 77.0 Å². The molecule has 1 unspecified atom stereocenters. The first kappa shape index (κ1) is 40.4.